The molecule has 0 unspecified atom stereocenters. The standard InChI is InChI=1S/C77H36F3N11/c1-44-21-58(77(78,79)80)12-15-64(44)53-7-14-65(76(37-53)91-73-18-10-51(56-26-48(43-84)28-61(30-56)87-4)35-68(73)69-36-52(11-19-74(69)91)57-31-62(88-5)38-63(32-57)89-6)70-39-59(85-2)13-20-75(70)90-71-16-8-49(54-23-45(40-81)22-46(24-54)41-82)33-66(71)67-34-50(9-17-72(67)90)55-25-47(42-83)27-60(29-55)86-3/h7-39H,1H3. The average molecular weight is 1170 g/mol. The number of alkyl halides is 3. The van der Waals surface area contributed by atoms with E-state index in [0.717, 1.165) is 44.7 Å². The van der Waals surface area contributed by atoms with Crippen molar-refractivity contribution in [3.8, 4) is 102 Å². The lowest BCUT2D eigenvalue weighted by Crippen LogP contribution is -2.05. The SMILES string of the molecule is [C-]#[N+]c1cc(C#N)cc(-c2ccc3c(c2)c2cc(-c4cc(C#N)cc(C#N)c4)ccc2n3-c2ccc([N+]#[C-])cc2-c2ccc(-c3ccc(C(F)(F)F)cc3C)cc2-n2c3ccc(-c4cc(C#N)cc([N+]#[C-])c4)cc3c3cc(-c4cc([N+]#[C-])cc([N+]#[C-])c4)ccc32)c1. The molecule has 2 aromatic heterocycles. The molecule has 0 amide bonds. The van der Waals surface area contributed by atoms with Gasteiger partial charge in [-0.2, -0.15) is 34.2 Å². The normalized spacial score (nSPS) is 11.0. The quantitative estimate of drug-likeness (QED) is 0.140. The molecule has 0 aliphatic heterocycles. The molecule has 11 nitrogen and oxygen atoms in total. The number of hydrogen-bond donors (Lipinski definition) is 0. The van der Waals surface area contributed by atoms with Gasteiger partial charge >= 0.3 is 6.18 Å². The molecule has 0 atom stereocenters. The Bertz CT molecular complexity index is 5400. The first-order valence-corrected chi connectivity index (χ1v) is 27.9. The molecule has 2 heterocycles. The lowest BCUT2D eigenvalue weighted by molar-refractivity contribution is -0.137. The van der Waals surface area contributed by atoms with Crippen LogP contribution in [0.25, 0.3) is 146 Å². The van der Waals surface area contributed by atoms with E-state index in [9.17, 15) is 34.2 Å². The second-order valence-electron chi connectivity index (χ2n) is 21.6. The molecule has 11 aromatic carbocycles. The molecule has 13 aromatic rings. The van der Waals surface area contributed by atoms with Crippen LogP contribution in [0.2, 0.25) is 0 Å². The first-order chi connectivity index (χ1) is 44.1. The highest BCUT2D eigenvalue weighted by Crippen LogP contribution is 2.47. The number of nitriles is 4. The number of aromatic nitrogens is 2. The van der Waals surface area contributed by atoms with Gasteiger partial charge < -0.3 is 9.13 Å². The first-order valence-electron chi connectivity index (χ1n) is 27.9. The number of fused-ring (bicyclic) bond motifs is 6. The Hall–Kier alpha value is -13.8. The van der Waals surface area contributed by atoms with Crippen LogP contribution in [0.1, 0.15) is 33.4 Å². The fourth-order valence-electron chi connectivity index (χ4n) is 12.2. The van der Waals surface area contributed by atoms with Crippen LogP contribution in [-0.4, -0.2) is 9.13 Å². The van der Waals surface area contributed by atoms with Crippen molar-refractivity contribution in [3.05, 3.63) is 291 Å². The molecule has 13 rings (SSSR count). The van der Waals surface area contributed by atoms with Crippen molar-refractivity contribution in [1.82, 2.24) is 9.13 Å². The Morgan fingerprint density at radius 2 is 0.692 bits per heavy atom. The fraction of sp³-hybridized carbons (Fsp3) is 0.0260. The van der Waals surface area contributed by atoms with Gasteiger partial charge in [0.05, 0.1) is 107 Å². The van der Waals surface area contributed by atoms with Crippen molar-refractivity contribution in [2.75, 3.05) is 0 Å². The Morgan fingerprint density at radius 1 is 0.319 bits per heavy atom. The van der Waals surface area contributed by atoms with E-state index in [4.69, 9.17) is 32.9 Å². The van der Waals surface area contributed by atoms with E-state index < -0.39 is 11.7 Å². The predicted molar refractivity (Wildman–Crippen MR) is 348 cm³/mol. The number of rotatable bonds is 8. The fourth-order valence-corrected chi connectivity index (χ4v) is 12.2. The maximum Gasteiger partial charge on any atom is 0.416 e. The van der Waals surface area contributed by atoms with E-state index in [-0.39, 0.29) is 22.7 Å². The molecule has 420 valence electrons. The molecule has 0 aliphatic rings. The number of halogens is 3. The van der Waals surface area contributed by atoms with Crippen LogP contribution in [0.4, 0.5) is 41.6 Å². The van der Waals surface area contributed by atoms with E-state index in [1.165, 1.54) is 30.3 Å². The smallest absolute Gasteiger partial charge is 0.309 e. The van der Waals surface area contributed by atoms with Crippen molar-refractivity contribution >= 4 is 72.0 Å². The predicted octanol–water partition coefficient (Wildman–Crippen LogP) is 21.5. The minimum Gasteiger partial charge on any atom is -0.309 e. The van der Waals surface area contributed by atoms with Crippen LogP contribution >= 0.6 is 0 Å². The van der Waals surface area contributed by atoms with Gasteiger partial charge in [0.25, 0.3) is 0 Å². The summed E-state index contributed by atoms with van der Waals surface area (Å²) in [5, 5.41) is 43.1. The van der Waals surface area contributed by atoms with Crippen molar-refractivity contribution < 1.29 is 13.2 Å². The summed E-state index contributed by atoms with van der Waals surface area (Å²) in [6, 6.07) is 66.7. The van der Waals surface area contributed by atoms with Crippen LogP contribution in [0.5, 0.6) is 0 Å². The average Bonchev–Trinajstić information content (AvgIpc) is 1.72. The van der Waals surface area contributed by atoms with Gasteiger partial charge in [0.1, 0.15) is 0 Å². The van der Waals surface area contributed by atoms with Gasteiger partial charge in [0.2, 0.25) is 0 Å². The van der Waals surface area contributed by atoms with Crippen LogP contribution < -0.4 is 0 Å². The van der Waals surface area contributed by atoms with Gasteiger partial charge in [-0.1, -0.05) is 66.7 Å². The summed E-state index contributed by atoms with van der Waals surface area (Å²) in [5.74, 6) is 0. The summed E-state index contributed by atoms with van der Waals surface area (Å²) >= 11 is 0. The Labute approximate surface area is 519 Å². The molecule has 91 heavy (non-hydrogen) atoms. The summed E-state index contributed by atoms with van der Waals surface area (Å²) in [7, 11) is 0. The zero-order valence-electron chi connectivity index (χ0n) is 47.6. The molecule has 0 radical (unpaired) electrons. The monoisotopic (exact) mass is 1170 g/mol. The van der Waals surface area contributed by atoms with Gasteiger partial charge in [0, 0.05) is 38.2 Å². The van der Waals surface area contributed by atoms with Crippen molar-refractivity contribution in [3.63, 3.8) is 0 Å². The minimum absolute atomic E-state index is 0.274. The third kappa shape index (κ3) is 9.97. The van der Waals surface area contributed by atoms with Crippen molar-refractivity contribution in [2.24, 2.45) is 0 Å². The van der Waals surface area contributed by atoms with Crippen molar-refractivity contribution in [2.45, 2.75) is 13.1 Å². The Balaban J connectivity index is 1.13. The highest BCUT2D eigenvalue weighted by Gasteiger charge is 2.31. The van der Waals surface area contributed by atoms with Gasteiger partial charge in [0.15, 0.2) is 28.4 Å². The lowest BCUT2D eigenvalue weighted by Gasteiger charge is -2.21. The van der Waals surface area contributed by atoms with E-state index >= 15 is 0 Å². The zero-order chi connectivity index (χ0) is 63.4. The van der Waals surface area contributed by atoms with Gasteiger partial charge in [-0.05, 0) is 207 Å². The Morgan fingerprint density at radius 3 is 1.10 bits per heavy atom. The third-order valence-corrected chi connectivity index (χ3v) is 16.3. The van der Waals surface area contributed by atoms with Crippen LogP contribution in [0, 0.1) is 85.1 Å². The maximum atomic E-state index is 14.3. The molecule has 14 heteroatoms. The molecule has 0 N–H and O–H groups in total. The van der Waals surface area contributed by atoms with Crippen LogP contribution in [0.15, 0.2) is 200 Å². The number of benzene rings is 11. The molecule has 0 bridgehead atoms. The summed E-state index contributed by atoms with van der Waals surface area (Å²) in [5.41, 5.74) is 13.8. The topological polar surface area (TPSA) is 127 Å². The maximum absolute atomic E-state index is 14.3. The van der Waals surface area contributed by atoms with Crippen molar-refractivity contribution in [1.29, 1.82) is 21.0 Å². The van der Waals surface area contributed by atoms with E-state index in [1.807, 2.05) is 97.1 Å². The molecular formula is C77H36F3N11. The first kappa shape index (κ1) is 56.4. The summed E-state index contributed by atoms with van der Waals surface area (Å²) in [6.45, 7) is 41.5. The number of hydrogen-bond acceptors (Lipinski definition) is 4. The highest BCUT2D eigenvalue weighted by molar-refractivity contribution is 6.14. The second kappa shape index (κ2) is 22.3. The summed E-state index contributed by atoms with van der Waals surface area (Å²) in [6.07, 6.45) is -4.60. The largest absolute Gasteiger partial charge is 0.416 e. The molecule has 0 spiro atoms. The molecule has 0 saturated carbocycles. The van der Waals surface area contributed by atoms with Crippen LogP contribution in [-0.2, 0) is 6.18 Å². The summed E-state index contributed by atoms with van der Waals surface area (Å²) < 4.78 is 47.1. The lowest BCUT2D eigenvalue weighted by atomic mass is 9.93. The van der Waals surface area contributed by atoms with Gasteiger partial charge in [-0.25, -0.2) is 24.2 Å². The van der Waals surface area contributed by atoms with Gasteiger partial charge in [-0.3, -0.25) is 0 Å². The zero-order valence-corrected chi connectivity index (χ0v) is 47.6. The van der Waals surface area contributed by atoms with Gasteiger partial charge in [-0.15, -0.1) is 0 Å². The molecular weight excluding hydrogens is 1140 g/mol. The summed E-state index contributed by atoms with van der Waals surface area (Å²) in [4.78, 5) is 18.6. The Kier molecular flexibility index (Phi) is 13.8. The number of nitrogens with zero attached hydrogens (tertiary/aromatic N) is 11. The van der Waals surface area contributed by atoms with E-state index in [2.05, 4.69) is 57.6 Å². The third-order valence-electron chi connectivity index (χ3n) is 16.3. The van der Waals surface area contributed by atoms with Crippen LogP contribution in [0.3, 0.4) is 0 Å². The highest BCUT2D eigenvalue weighted by atomic mass is 19.4. The molecule has 0 fully saturated rings. The second-order valence-corrected chi connectivity index (χ2v) is 21.6. The molecule has 0 aliphatic carbocycles. The van der Waals surface area contributed by atoms with E-state index in [0.29, 0.717) is 123 Å². The number of aryl methyl sites for hydroxylation is 1. The molecule has 0 saturated heterocycles. The minimum atomic E-state index is -4.60. The van der Waals surface area contributed by atoms with E-state index in [1.54, 1.807) is 67.6 Å².